The molecule has 1 aromatic rings. The summed E-state index contributed by atoms with van der Waals surface area (Å²) in [5.41, 5.74) is 7.31. The number of carbonyl (C=O) groups is 1. The van der Waals surface area contributed by atoms with Crippen molar-refractivity contribution in [3.8, 4) is 0 Å². The van der Waals surface area contributed by atoms with Crippen LogP contribution in [0.4, 0.5) is 0 Å². The summed E-state index contributed by atoms with van der Waals surface area (Å²) in [7, 11) is 1.35. The normalized spacial score (nSPS) is 18.5. The van der Waals surface area contributed by atoms with E-state index in [4.69, 9.17) is 5.73 Å². The van der Waals surface area contributed by atoms with E-state index in [1.165, 1.54) is 7.11 Å². The summed E-state index contributed by atoms with van der Waals surface area (Å²) < 4.78 is 4.61. The van der Waals surface area contributed by atoms with Crippen molar-refractivity contribution in [2.45, 2.75) is 25.0 Å². The van der Waals surface area contributed by atoms with Gasteiger partial charge < -0.3 is 15.6 Å². The van der Waals surface area contributed by atoms with E-state index >= 15 is 0 Å². The number of hydrogen-bond acceptors (Lipinski definition) is 4. The van der Waals surface area contributed by atoms with E-state index in [2.05, 4.69) is 4.74 Å². The molecule has 0 aliphatic heterocycles. The number of methoxy groups -OCH3 is 1. The monoisotopic (exact) mass is 235 g/mol. The maximum Gasteiger partial charge on any atom is 0.337 e. The minimum atomic E-state index is -0.487. The van der Waals surface area contributed by atoms with Crippen LogP contribution in [0.3, 0.4) is 0 Å². The smallest absolute Gasteiger partial charge is 0.337 e. The van der Waals surface area contributed by atoms with Gasteiger partial charge in [-0.15, -0.1) is 0 Å². The van der Waals surface area contributed by atoms with Crippen molar-refractivity contribution in [1.82, 2.24) is 0 Å². The number of aliphatic hydroxyl groups is 1. The average molecular weight is 235 g/mol. The van der Waals surface area contributed by atoms with Crippen LogP contribution >= 0.6 is 0 Å². The van der Waals surface area contributed by atoms with Gasteiger partial charge in [-0.3, -0.25) is 0 Å². The fourth-order valence-corrected chi connectivity index (χ4v) is 1.89. The average Bonchev–Trinajstić information content (AvgIpc) is 3.20. The Morgan fingerprint density at radius 2 is 2.00 bits per heavy atom. The highest BCUT2D eigenvalue weighted by atomic mass is 16.5. The summed E-state index contributed by atoms with van der Waals surface area (Å²) in [5, 5.41) is 9.92. The topological polar surface area (TPSA) is 72.5 Å². The first-order valence-electron chi connectivity index (χ1n) is 5.75. The Labute approximate surface area is 100 Å². The minimum Gasteiger partial charge on any atom is -0.465 e. The molecule has 0 heterocycles. The number of ether oxygens (including phenoxy) is 1. The standard InChI is InChI=1S/C13H17NO3/c1-17-13(16)10-6-2-8(3-7-10)11(14)12(15)9-4-5-9/h2-3,6-7,9,11-12,15H,4-5,14H2,1H3/t11-,12+/m1/s1. The van der Waals surface area contributed by atoms with Crippen LogP contribution in [-0.4, -0.2) is 24.3 Å². The molecule has 0 saturated heterocycles. The third kappa shape index (κ3) is 2.65. The number of nitrogens with two attached hydrogens (primary N) is 1. The highest BCUT2D eigenvalue weighted by Crippen LogP contribution is 2.37. The highest BCUT2D eigenvalue weighted by Gasteiger charge is 2.34. The fraction of sp³-hybridized carbons (Fsp3) is 0.462. The van der Waals surface area contributed by atoms with Gasteiger partial charge in [0.2, 0.25) is 0 Å². The number of aliphatic hydroxyl groups excluding tert-OH is 1. The third-order valence-corrected chi connectivity index (χ3v) is 3.19. The maximum absolute atomic E-state index is 11.2. The van der Waals surface area contributed by atoms with Crippen molar-refractivity contribution in [2.24, 2.45) is 11.7 Å². The summed E-state index contributed by atoms with van der Waals surface area (Å²) >= 11 is 0. The molecule has 0 bridgehead atoms. The quantitative estimate of drug-likeness (QED) is 0.770. The lowest BCUT2D eigenvalue weighted by atomic mass is 9.98. The van der Waals surface area contributed by atoms with Gasteiger partial charge in [0.05, 0.1) is 24.8 Å². The van der Waals surface area contributed by atoms with Gasteiger partial charge in [-0.05, 0) is 36.5 Å². The van der Waals surface area contributed by atoms with E-state index in [0.717, 1.165) is 18.4 Å². The molecule has 0 amide bonds. The molecule has 1 saturated carbocycles. The van der Waals surface area contributed by atoms with Gasteiger partial charge in [0.15, 0.2) is 0 Å². The summed E-state index contributed by atoms with van der Waals surface area (Å²) in [4.78, 5) is 11.2. The van der Waals surface area contributed by atoms with Gasteiger partial charge in [0, 0.05) is 0 Å². The van der Waals surface area contributed by atoms with Crippen LogP contribution in [0.15, 0.2) is 24.3 Å². The van der Waals surface area contributed by atoms with Crippen LogP contribution in [-0.2, 0) is 4.74 Å². The molecule has 1 fully saturated rings. The molecule has 1 aliphatic rings. The molecule has 1 aliphatic carbocycles. The molecule has 2 atom stereocenters. The van der Waals surface area contributed by atoms with E-state index in [1.54, 1.807) is 24.3 Å². The molecular formula is C13H17NO3. The van der Waals surface area contributed by atoms with Crippen molar-refractivity contribution < 1.29 is 14.6 Å². The van der Waals surface area contributed by atoms with Crippen molar-refractivity contribution in [2.75, 3.05) is 7.11 Å². The van der Waals surface area contributed by atoms with Crippen molar-refractivity contribution in [1.29, 1.82) is 0 Å². The zero-order valence-electron chi connectivity index (χ0n) is 9.80. The minimum absolute atomic E-state index is 0.338. The Morgan fingerprint density at radius 1 is 1.41 bits per heavy atom. The van der Waals surface area contributed by atoms with E-state index < -0.39 is 6.10 Å². The molecule has 2 rings (SSSR count). The van der Waals surface area contributed by atoms with Gasteiger partial charge in [-0.2, -0.15) is 0 Å². The van der Waals surface area contributed by atoms with E-state index in [0.29, 0.717) is 11.5 Å². The van der Waals surface area contributed by atoms with E-state index in [-0.39, 0.29) is 12.0 Å². The molecule has 3 N–H and O–H groups in total. The van der Waals surface area contributed by atoms with Gasteiger partial charge in [-0.25, -0.2) is 4.79 Å². The SMILES string of the molecule is COC(=O)c1ccc([C@@H](N)[C@@H](O)C2CC2)cc1. The van der Waals surface area contributed by atoms with E-state index in [9.17, 15) is 9.90 Å². The van der Waals surface area contributed by atoms with Crippen LogP contribution in [0.5, 0.6) is 0 Å². The van der Waals surface area contributed by atoms with E-state index in [1.807, 2.05) is 0 Å². The predicted octanol–water partition coefficient (Wildman–Crippen LogP) is 1.24. The largest absolute Gasteiger partial charge is 0.465 e. The number of benzene rings is 1. The molecular weight excluding hydrogens is 218 g/mol. The van der Waals surface area contributed by atoms with Crippen LogP contribution in [0.2, 0.25) is 0 Å². The summed E-state index contributed by atoms with van der Waals surface area (Å²) in [6, 6.07) is 6.49. The zero-order chi connectivity index (χ0) is 12.4. The Bertz CT molecular complexity index is 398. The number of esters is 1. The molecule has 4 heteroatoms. The van der Waals surface area contributed by atoms with Crippen molar-refractivity contribution in [3.05, 3.63) is 35.4 Å². The molecule has 92 valence electrons. The molecule has 1 aromatic carbocycles. The van der Waals surface area contributed by atoms with Crippen LogP contribution in [0.25, 0.3) is 0 Å². The first-order chi connectivity index (χ1) is 8.13. The van der Waals surface area contributed by atoms with Crippen molar-refractivity contribution in [3.63, 3.8) is 0 Å². The lowest BCUT2D eigenvalue weighted by Crippen LogP contribution is -2.27. The third-order valence-electron chi connectivity index (χ3n) is 3.19. The van der Waals surface area contributed by atoms with Gasteiger partial charge >= 0.3 is 5.97 Å². The molecule has 0 aromatic heterocycles. The van der Waals surface area contributed by atoms with Gasteiger partial charge in [-0.1, -0.05) is 12.1 Å². The lowest BCUT2D eigenvalue weighted by molar-refractivity contribution is 0.0600. The highest BCUT2D eigenvalue weighted by molar-refractivity contribution is 5.89. The first-order valence-corrected chi connectivity index (χ1v) is 5.75. The van der Waals surface area contributed by atoms with Crippen molar-refractivity contribution >= 4 is 5.97 Å². The Morgan fingerprint density at radius 3 is 2.47 bits per heavy atom. The maximum atomic E-state index is 11.2. The molecule has 0 spiro atoms. The molecule has 4 nitrogen and oxygen atoms in total. The second kappa shape index (κ2) is 4.85. The molecule has 0 unspecified atom stereocenters. The Kier molecular flexibility index (Phi) is 3.45. The lowest BCUT2D eigenvalue weighted by Gasteiger charge is -2.18. The van der Waals surface area contributed by atoms with Crippen LogP contribution in [0.1, 0.15) is 34.8 Å². The Balaban J connectivity index is 2.08. The van der Waals surface area contributed by atoms with Gasteiger partial charge in [0.25, 0.3) is 0 Å². The Hall–Kier alpha value is -1.39. The number of rotatable bonds is 4. The summed E-state index contributed by atoms with van der Waals surface area (Å²) in [6.07, 6.45) is 1.61. The zero-order valence-corrected chi connectivity index (χ0v) is 9.80. The van der Waals surface area contributed by atoms with Crippen LogP contribution < -0.4 is 5.73 Å². The van der Waals surface area contributed by atoms with Crippen LogP contribution in [0, 0.1) is 5.92 Å². The second-order valence-corrected chi connectivity index (χ2v) is 4.47. The van der Waals surface area contributed by atoms with Gasteiger partial charge in [0.1, 0.15) is 0 Å². The fourth-order valence-electron chi connectivity index (χ4n) is 1.89. The molecule has 17 heavy (non-hydrogen) atoms. The number of carbonyl (C=O) groups excluding carboxylic acids is 1. The predicted molar refractivity (Wildman–Crippen MR) is 63.4 cm³/mol. The number of hydrogen-bond donors (Lipinski definition) is 2. The second-order valence-electron chi connectivity index (χ2n) is 4.47. The summed E-state index contributed by atoms with van der Waals surface area (Å²) in [5.74, 6) is -0.0295. The molecule has 0 radical (unpaired) electrons. The first kappa shape index (κ1) is 12.1. The summed E-state index contributed by atoms with van der Waals surface area (Å²) in [6.45, 7) is 0.